The molecule has 0 fully saturated rings. The van der Waals surface area contributed by atoms with Gasteiger partial charge in [-0.3, -0.25) is 0 Å². The number of anilines is 1. The van der Waals surface area contributed by atoms with Gasteiger partial charge in [-0.05, 0) is 36.2 Å². The third-order valence-corrected chi connectivity index (χ3v) is 4.38. The predicted molar refractivity (Wildman–Crippen MR) is 104 cm³/mol. The van der Waals surface area contributed by atoms with Crippen molar-refractivity contribution in [1.29, 1.82) is 0 Å². The van der Waals surface area contributed by atoms with Gasteiger partial charge in [0.05, 0.1) is 17.8 Å². The molecule has 0 aliphatic heterocycles. The van der Waals surface area contributed by atoms with Gasteiger partial charge >= 0.3 is 0 Å². The number of nitrogens with one attached hydrogen (secondary N) is 1. The van der Waals surface area contributed by atoms with Crippen molar-refractivity contribution >= 4 is 16.6 Å². The number of alkyl halides is 1. The van der Waals surface area contributed by atoms with Crippen LogP contribution in [0.1, 0.15) is 12.5 Å². The number of benzene rings is 2. The Morgan fingerprint density at radius 3 is 2.65 bits per heavy atom. The van der Waals surface area contributed by atoms with Crippen molar-refractivity contribution < 1.29 is 14.2 Å². The fraction of sp³-hybridized carbons (Fsp3) is 0.286. The van der Waals surface area contributed by atoms with Gasteiger partial charge in [-0.25, -0.2) is 9.37 Å². The number of halogens is 1. The second-order valence-corrected chi connectivity index (χ2v) is 6.11. The maximum absolute atomic E-state index is 12.8. The number of ether oxygens (including phenoxy) is 1. The highest BCUT2D eigenvalue weighted by Crippen LogP contribution is 2.30. The van der Waals surface area contributed by atoms with E-state index in [-0.39, 0.29) is 6.61 Å². The average molecular weight is 354 g/mol. The standard InChI is InChI=1S/C21H23FN2O2/c1-3-14-4-8-18(21(10-14)23-2)19-9-6-15-5-7-16(11-20(15)24-19)26-17(12-22)13-25/h4-11,17,23,25H,3,12-13H2,1-2H3. The smallest absolute Gasteiger partial charge is 0.150 e. The van der Waals surface area contributed by atoms with E-state index in [1.54, 1.807) is 12.1 Å². The highest BCUT2D eigenvalue weighted by molar-refractivity contribution is 5.85. The first-order chi connectivity index (χ1) is 12.7. The van der Waals surface area contributed by atoms with E-state index >= 15 is 0 Å². The monoisotopic (exact) mass is 354 g/mol. The van der Waals surface area contributed by atoms with Crippen LogP contribution in [0.2, 0.25) is 0 Å². The number of nitrogens with zero attached hydrogens (tertiary/aromatic N) is 1. The van der Waals surface area contributed by atoms with Crippen molar-refractivity contribution in [3.63, 3.8) is 0 Å². The molecule has 2 N–H and O–H groups in total. The Morgan fingerprint density at radius 2 is 1.96 bits per heavy atom. The van der Waals surface area contributed by atoms with E-state index < -0.39 is 12.8 Å². The number of aliphatic hydroxyl groups excluding tert-OH is 1. The highest BCUT2D eigenvalue weighted by Gasteiger charge is 2.11. The molecule has 0 saturated heterocycles. The van der Waals surface area contributed by atoms with Gasteiger partial charge in [-0.1, -0.05) is 25.1 Å². The molecule has 0 aliphatic rings. The summed E-state index contributed by atoms with van der Waals surface area (Å²) in [7, 11) is 1.90. The van der Waals surface area contributed by atoms with Crippen molar-refractivity contribution in [2.45, 2.75) is 19.4 Å². The molecular formula is C21H23FN2O2. The van der Waals surface area contributed by atoms with E-state index in [0.29, 0.717) is 5.75 Å². The number of fused-ring (bicyclic) bond motifs is 1. The maximum Gasteiger partial charge on any atom is 0.150 e. The number of rotatable bonds is 7. The Bertz CT molecular complexity index is 894. The summed E-state index contributed by atoms with van der Waals surface area (Å²) in [6.45, 7) is 1.02. The largest absolute Gasteiger partial charge is 0.485 e. The molecule has 0 saturated carbocycles. The van der Waals surface area contributed by atoms with Gasteiger partial charge in [0.15, 0.2) is 0 Å². The third kappa shape index (κ3) is 3.78. The number of aryl methyl sites for hydroxylation is 1. The molecule has 0 aliphatic carbocycles. The van der Waals surface area contributed by atoms with Gasteiger partial charge in [0.2, 0.25) is 0 Å². The van der Waals surface area contributed by atoms with Crippen LogP contribution in [-0.2, 0) is 6.42 Å². The lowest BCUT2D eigenvalue weighted by Crippen LogP contribution is -2.23. The Hall–Kier alpha value is -2.66. The second-order valence-electron chi connectivity index (χ2n) is 6.11. The lowest BCUT2D eigenvalue weighted by atomic mass is 10.0. The van der Waals surface area contributed by atoms with Crippen LogP contribution in [0.25, 0.3) is 22.2 Å². The predicted octanol–water partition coefficient (Wildman–Crippen LogP) is 4.22. The van der Waals surface area contributed by atoms with Crippen LogP contribution >= 0.6 is 0 Å². The molecule has 5 heteroatoms. The Balaban J connectivity index is 2.00. The van der Waals surface area contributed by atoms with E-state index in [1.165, 1.54) is 5.56 Å². The molecule has 1 aromatic heterocycles. The minimum Gasteiger partial charge on any atom is -0.485 e. The quantitative estimate of drug-likeness (QED) is 0.667. The fourth-order valence-electron chi connectivity index (χ4n) is 2.87. The van der Waals surface area contributed by atoms with Crippen LogP contribution < -0.4 is 10.1 Å². The number of pyridine rings is 1. The molecule has 4 nitrogen and oxygen atoms in total. The Morgan fingerprint density at radius 1 is 1.15 bits per heavy atom. The van der Waals surface area contributed by atoms with Crippen LogP contribution in [0.5, 0.6) is 5.75 Å². The summed E-state index contributed by atoms with van der Waals surface area (Å²) < 4.78 is 18.2. The first-order valence-corrected chi connectivity index (χ1v) is 8.73. The summed E-state index contributed by atoms with van der Waals surface area (Å²) in [6, 6.07) is 15.7. The molecule has 3 aromatic rings. The van der Waals surface area contributed by atoms with Crippen LogP contribution in [-0.4, -0.2) is 36.5 Å². The number of aromatic nitrogens is 1. The van der Waals surface area contributed by atoms with Gasteiger partial charge in [0.1, 0.15) is 18.5 Å². The summed E-state index contributed by atoms with van der Waals surface area (Å²) in [6.07, 6.45) is 0.120. The van der Waals surface area contributed by atoms with Gasteiger partial charge in [0, 0.05) is 29.8 Å². The van der Waals surface area contributed by atoms with E-state index in [4.69, 9.17) is 14.8 Å². The number of hydrogen-bond acceptors (Lipinski definition) is 4. The fourth-order valence-corrected chi connectivity index (χ4v) is 2.87. The van der Waals surface area contributed by atoms with E-state index in [1.807, 2.05) is 25.2 Å². The topological polar surface area (TPSA) is 54.4 Å². The minimum absolute atomic E-state index is 0.364. The first kappa shape index (κ1) is 18.1. The molecule has 0 spiro atoms. The normalized spacial score (nSPS) is 12.2. The number of aliphatic hydroxyl groups is 1. The number of hydrogen-bond donors (Lipinski definition) is 2. The zero-order valence-electron chi connectivity index (χ0n) is 15.0. The summed E-state index contributed by atoms with van der Waals surface area (Å²) in [4.78, 5) is 4.75. The van der Waals surface area contributed by atoms with Crippen LogP contribution in [0, 0.1) is 0 Å². The van der Waals surface area contributed by atoms with Crippen molar-refractivity contribution in [1.82, 2.24) is 4.98 Å². The van der Waals surface area contributed by atoms with Crippen molar-refractivity contribution in [3.05, 3.63) is 54.1 Å². The van der Waals surface area contributed by atoms with E-state index in [0.717, 1.165) is 34.3 Å². The second kappa shape index (κ2) is 8.15. The highest BCUT2D eigenvalue weighted by atomic mass is 19.1. The molecule has 26 heavy (non-hydrogen) atoms. The van der Waals surface area contributed by atoms with Crippen molar-refractivity contribution in [2.24, 2.45) is 0 Å². The van der Waals surface area contributed by atoms with Gasteiger partial charge in [0.25, 0.3) is 0 Å². The SMILES string of the molecule is CCc1ccc(-c2ccc3ccc(OC(CO)CF)cc3n2)c(NC)c1. The van der Waals surface area contributed by atoms with Crippen LogP contribution in [0.15, 0.2) is 48.5 Å². The Kier molecular flexibility index (Phi) is 5.68. The molecule has 1 heterocycles. The minimum atomic E-state index is -0.854. The molecule has 2 aromatic carbocycles. The van der Waals surface area contributed by atoms with Crippen molar-refractivity contribution in [2.75, 3.05) is 25.6 Å². The van der Waals surface area contributed by atoms with E-state index in [2.05, 4.69) is 30.4 Å². The lowest BCUT2D eigenvalue weighted by Gasteiger charge is -2.14. The van der Waals surface area contributed by atoms with Crippen LogP contribution in [0.3, 0.4) is 0 Å². The first-order valence-electron chi connectivity index (χ1n) is 8.73. The van der Waals surface area contributed by atoms with Crippen molar-refractivity contribution in [3.8, 4) is 17.0 Å². The average Bonchev–Trinajstić information content (AvgIpc) is 2.70. The van der Waals surface area contributed by atoms with Crippen LogP contribution in [0.4, 0.5) is 10.1 Å². The molecule has 1 unspecified atom stereocenters. The summed E-state index contributed by atoms with van der Waals surface area (Å²) in [5.41, 5.74) is 4.93. The van der Waals surface area contributed by atoms with Gasteiger partial charge in [-0.2, -0.15) is 0 Å². The molecule has 136 valence electrons. The summed E-state index contributed by atoms with van der Waals surface area (Å²) in [5.74, 6) is 0.494. The Labute approximate surface area is 152 Å². The molecule has 0 amide bonds. The zero-order valence-corrected chi connectivity index (χ0v) is 15.0. The van der Waals surface area contributed by atoms with E-state index in [9.17, 15) is 4.39 Å². The third-order valence-electron chi connectivity index (χ3n) is 4.38. The zero-order chi connectivity index (χ0) is 18.5. The molecular weight excluding hydrogens is 331 g/mol. The summed E-state index contributed by atoms with van der Waals surface area (Å²) >= 11 is 0. The molecule has 0 radical (unpaired) electrons. The molecule has 1 atom stereocenters. The molecule has 3 rings (SSSR count). The lowest BCUT2D eigenvalue weighted by molar-refractivity contribution is 0.0933. The maximum atomic E-state index is 12.8. The molecule has 0 bridgehead atoms. The summed E-state index contributed by atoms with van der Waals surface area (Å²) in [5, 5.41) is 13.3. The van der Waals surface area contributed by atoms with Gasteiger partial charge in [-0.15, -0.1) is 0 Å². The van der Waals surface area contributed by atoms with Gasteiger partial charge < -0.3 is 15.2 Å².